The van der Waals surface area contributed by atoms with E-state index in [2.05, 4.69) is 39.7 Å². The topological polar surface area (TPSA) is 51.8 Å². The third-order valence-corrected chi connectivity index (χ3v) is 6.13. The number of anilines is 1. The Morgan fingerprint density at radius 2 is 2.12 bits per heavy atom. The number of hydrogen-bond donors (Lipinski definition) is 1. The molecule has 1 aliphatic rings. The number of hydrogen-bond acceptors (Lipinski definition) is 5. The molecule has 1 atom stereocenters. The number of halogens is 1. The van der Waals surface area contributed by atoms with Gasteiger partial charge in [-0.1, -0.05) is 13.8 Å². The molecule has 17 heavy (non-hydrogen) atoms. The average molecular weight is 334 g/mol. The van der Waals surface area contributed by atoms with Gasteiger partial charge in [0.05, 0.1) is 15.4 Å². The second-order valence-electron chi connectivity index (χ2n) is 4.26. The minimum atomic E-state index is 0.356. The van der Waals surface area contributed by atoms with Crippen LogP contribution in [0.5, 0.6) is 0 Å². The van der Waals surface area contributed by atoms with E-state index in [4.69, 9.17) is 5.73 Å². The molecule has 6 heteroatoms. The largest absolute Gasteiger partial charge is 0.383 e. The Kier molecular flexibility index (Phi) is 4.60. The second kappa shape index (κ2) is 5.80. The van der Waals surface area contributed by atoms with Crippen molar-refractivity contribution in [1.29, 1.82) is 0 Å². The van der Waals surface area contributed by atoms with E-state index in [0.29, 0.717) is 17.0 Å². The Morgan fingerprint density at radius 1 is 1.35 bits per heavy atom. The molecule has 94 valence electrons. The Morgan fingerprint density at radius 3 is 2.71 bits per heavy atom. The third-order valence-electron chi connectivity index (χ3n) is 2.57. The fourth-order valence-electron chi connectivity index (χ4n) is 1.66. The van der Waals surface area contributed by atoms with Gasteiger partial charge in [0.25, 0.3) is 0 Å². The van der Waals surface area contributed by atoms with E-state index < -0.39 is 0 Å². The standard InChI is InChI=1S/C11H16BrN3S2/c1-6(2)9-8(12)10(13)15-11(14-9)7-5-16-3-4-17-7/h6-7H,3-5H2,1-2H3,(H2,13,14,15). The molecule has 0 aromatic carbocycles. The molecule has 0 bridgehead atoms. The van der Waals surface area contributed by atoms with Crippen molar-refractivity contribution >= 4 is 45.3 Å². The van der Waals surface area contributed by atoms with Gasteiger partial charge in [-0.2, -0.15) is 11.8 Å². The van der Waals surface area contributed by atoms with Crippen molar-refractivity contribution in [2.45, 2.75) is 25.0 Å². The summed E-state index contributed by atoms with van der Waals surface area (Å²) in [4.78, 5) is 9.11. The predicted molar refractivity (Wildman–Crippen MR) is 80.8 cm³/mol. The van der Waals surface area contributed by atoms with Crippen molar-refractivity contribution in [2.24, 2.45) is 0 Å². The van der Waals surface area contributed by atoms with E-state index in [0.717, 1.165) is 21.7 Å². The van der Waals surface area contributed by atoms with Crippen LogP contribution < -0.4 is 5.73 Å². The maximum atomic E-state index is 5.95. The van der Waals surface area contributed by atoms with Crippen LogP contribution in [-0.4, -0.2) is 27.2 Å². The molecular formula is C11H16BrN3S2. The first-order valence-electron chi connectivity index (χ1n) is 5.61. The number of thioether (sulfide) groups is 2. The molecule has 2 heterocycles. The van der Waals surface area contributed by atoms with Crippen LogP contribution in [0.1, 0.15) is 36.5 Å². The highest BCUT2D eigenvalue weighted by Crippen LogP contribution is 2.37. The van der Waals surface area contributed by atoms with E-state index in [-0.39, 0.29) is 0 Å². The lowest BCUT2D eigenvalue weighted by Crippen LogP contribution is -2.13. The van der Waals surface area contributed by atoms with Gasteiger partial charge in [-0.15, -0.1) is 11.8 Å². The highest BCUT2D eigenvalue weighted by atomic mass is 79.9. The molecule has 1 aromatic rings. The first-order valence-corrected chi connectivity index (χ1v) is 8.61. The van der Waals surface area contributed by atoms with Crippen molar-refractivity contribution in [3.63, 3.8) is 0 Å². The summed E-state index contributed by atoms with van der Waals surface area (Å²) >= 11 is 7.38. The lowest BCUT2D eigenvalue weighted by molar-refractivity contribution is 0.779. The van der Waals surface area contributed by atoms with Crippen LogP contribution >= 0.6 is 39.5 Å². The monoisotopic (exact) mass is 333 g/mol. The molecule has 2 rings (SSSR count). The third kappa shape index (κ3) is 3.09. The highest BCUT2D eigenvalue weighted by Gasteiger charge is 2.22. The lowest BCUT2D eigenvalue weighted by Gasteiger charge is -2.21. The summed E-state index contributed by atoms with van der Waals surface area (Å²) in [5.41, 5.74) is 6.97. The van der Waals surface area contributed by atoms with E-state index in [1.165, 1.54) is 11.5 Å². The van der Waals surface area contributed by atoms with Gasteiger partial charge in [0.15, 0.2) is 0 Å². The Bertz CT molecular complexity index is 406. The first-order chi connectivity index (χ1) is 8.09. The summed E-state index contributed by atoms with van der Waals surface area (Å²) < 4.78 is 0.852. The molecule has 1 fully saturated rings. The molecule has 0 amide bonds. The summed E-state index contributed by atoms with van der Waals surface area (Å²) in [6.45, 7) is 4.25. The minimum Gasteiger partial charge on any atom is -0.383 e. The van der Waals surface area contributed by atoms with Crippen LogP contribution in [0.15, 0.2) is 4.47 Å². The summed E-state index contributed by atoms with van der Waals surface area (Å²) in [7, 11) is 0. The zero-order chi connectivity index (χ0) is 12.4. The van der Waals surface area contributed by atoms with Crippen LogP contribution in [0.3, 0.4) is 0 Å². The fourth-order valence-corrected chi connectivity index (χ4v) is 4.90. The van der Waals surface area contributed by atoms with Gasteiger partial charge in [0, 0.05) is 17.3 Å². The lowest BCUT2D eigenvalue weighted by atomic mass is 10.1. The smallest absolute Gasteiger partial charge is 0.144 e. The maximum absolute atomic E-state index is 5.95. The summed E-state index contributed by atoms with van der Waals surface area (Å²) in [6, 6.07) is 0. The van der Waals surface area contributed by atoms with Crippen LogP contribution in [-0.2, 0) is 0 Å². The molecule has 0 saturated carbocycles. The molecule has 1 aliphatic heterocycles. The summed E-state index contributed by atoms with van der Waals surface area (Å²) in [5.74, 6) is 5.30. The van der Waals surface area contributed by atoms with Gasteiger partial charge in [-0.3, -0.25) is 0 Å². The minimum absolute atomic E-state index is 0.356. The first kappa shape index (κ1) is 13.5. The summed E-state index contributed by atoms with van der Waals surface area (Å²) in [5, 5.41) is 0.390. The van der Waals surface area contributed by atoms with Crippen LogP contribution in [0, 0.1) is 0 Å². The molecule has 3 nitrogen and oxygen atoms in total. The number of nitrogens with zero attached hydrogens (tertiary/aromatic N) is 2. The molecule has 2 N–H and O–H groups in total. The molecule has 0 radical (unpaired) electrons. The molecule has 0 spiro atoms. The number of rotatable bonds is 2. The van der Waals surface area contributed by atoms with Gasteiger partial charge >= 0.3 is 0 Å². The van der Waals surface area contributed by atoms with E-state index in [9.17, 15) is 0 Å². The number of aromatic nitrogens is 2. The zero-order valence-electron chi connectivity index (χ0n) is 9.94. The highest BCUT2D eigenvalue weighted by molar-refractivity contribution is 9.10. The molecule has 1 saturated heterocycles. The van der Waals surface area contributed by atoms with Gasteiger partial charge < -0.3 is 5.73 Å². The Balaban J connectivity index is 2.34. The number of nitrogens with two attached hydrogens (primary N) is 1. The van der Waals surface area contributed by atoms with Crippen molar-refractivity contribution < 1.29 is 0 Å². The van der Waals surface area contributed by atoms with Crippen molar-refractivity contribution in [1.82, 2.24) is 9.97 Å². The molecule has 1 unspecified atom stereocenters. The number of nitrogen functional groups attached to an aromatic ring is 1. The second-order valence-corrected chi connectivity index (χ2v) is 7.51. The van der Waals surface area contributed by atoms with E-state index in [1.54, 1.807) is 0 Å². The maximum Gasteiger partial charge on any atom is 0.144 e. The van der Waals surface area contributed by atoms with Crippen LogP contribution in [0.4, 0.5) is 5.82 Å². The molecule has 0 aliphatic carbocycles. The van der Waals surface area contributed by atoms with Crippen molar-refractivity contribution in [2.75, 3.05) is 23.0 Å². The van der Waals surface area contributed by atoms with Crippen molar-refractivity contribution in [3.8, 4) is 0 Å². The van der Waals surface area contributed by atoms with Gasteiger partial charge in [-0.05, 0) is 21.8 Å². The average Bonchev–Trinajstić information content (AvgIpc) is 2.33. The van der Waals surface area contributed by atoms with Gasteiger partial charge in [-0.25, -0.2) is 9.97 Å². The van der Waals surface area contributed by atoms with E-state index in [1.807, 2.05) is 23.5 Å². The Labute approximate surface area is 119 Å². The normalized spacial score (nSPS) is 20.8. The van der Waals surface area contributed by atoms with Crippen LogP contribution in [0.2, 0.25) is 0 Å². The van der Waals surface area contributed by atoms with E-state index >= 15 is 0 Å². The van der Waals surface area contributed by atoms with Crippen LogP contribution in [0.25, 0.3) is 0 Å². The van der Waals surface area contributed by atoms with Gasteiger partial charge in [0.1, 0.15) is 11.6 Å². The Hall–Kier alpha value is 0.0600. The van der Waals surface area contributed by atoms with Crippen molar-refractivity contribution in [3.05, 3.63) is 16.0 Å². The zero-order valence-corrected chi connectivity index (χ0v) is 13.2. The van der Waals surface area contributed by atoms with Gasteiger partial charge in [0.2, 0.25) is 0 Å². The summed E-state index contributed by atoms with van der Waals surface area (Å²) in [6.07, 6.45) is 0. The fraction of sp³-hybridized carbons (Fsp3) is 0.636. The molecular weight excluding hydrogens is 318 g/mol. The SMILES string of the molecule is CC(C)c1nc(C2CSCCS2)nc(N)c1Br. The quantitative estimate of drug-likeness (QED) is 0.897. The molecule has 1 aromatic heterocycles. The predicted octanol–water partition coefficient (Wildman–Crippen LogP) is 3.47.